The van der Waals surface area contributed by atoms with Crippen LogP contribution in [0.2, 0.25) is 0 Å². The molecule has 3 heteroatoms. The summed E-state index contributed by atoms with van der Waals surface area (Å²) in [5, 5.41) is 0. The first kappa shape index (κ1) is 15.3. The standard InChI is InChI=1S/C20H23NOS/c1-21-12-10-16(11-13-21)22-20-17-7-3-2-6-15(17)14-23-19-9-5-4-8-18(19)20/h2-9,16,20H,10-14H2,1H3/t20-/m0/s1. The number of hydrogen-bond donors (Lipinski definition) is 0. The summed E-state index contributed by atoms with van der Waals surface area (Å²) in [4.78, 5) is 3.76. The first-order valence-electron chi connectivity index (χ1n) is 8.45. The van der Waals surface area contributed by atoms with Gasteiger partial charge in [0.1, 0.15) is 6.10 Å². The lowest BCUT2D eigenvalue weighted by Gasteiger charge is -2.32. The number of hydrogen-bond acceptors (Lipinski definition) is 3. The van der Waals surface area contributed by atoms with Gasteiger partial charge in [-0.3, -0.25) is 0 Å². The van der Waals surface area contributed by atoms with Crippen molar-refractivity contribution in [1.82, 2.24) is 4.90 Å². The highest BCUT2D eigenvalue weighted by atomic mass is 32.2. The number of benzene rings is 2. The number of thioether (sulfide) groups is 1. The zero-order valence-electron chi connectivity index (χ0n) is 13.6. The summed E-state index contributed by atoms with van der Waals surface area (Å²) in [5.41, 5.74) is 4.09. The van der Waals surface area contributed by atoms with Gasteiger partial charge in [0.15, 0.2) is 0 Å². The average Bonchev–Trinajstić information content (AvgIpc) is 2.75. The van der Waals surface area contributed by atoms with E-state index < -0.39 is 0 Å². The summed E-state index contributed by atoms with van der Waals surface area (Å²) < 4.78 is 6.67. The van der Waals surface area contributed by atoms with Crippen molar-refractivity contribution in [1.29, 1.82) is 0 Å². The number of ether oxygens (including phenoxy) is 1. The van der Waals surface area contributed by atoms with E-state index in [1.165, 1.54) is 21.6 Å². The van der Waals surface area contributed by atoms with E-state index in [-0.39, 0.29) is 6.10 Å². The second-order valence-electron chi connectivity index (χ2n) is 6.54. The van der Waals surface area contributed by atoms with Gasteiger partial charge in [0, 0.05) is 23.7 Å². The quantitative estimate of drug-likeness (QED) is 0.807. The van der Waals surface area contributed by atoms with E-state index in [4.69, 9.17) is 4.74 Å². The van der Waals surface area contributed by atoms with Crippen LogP contribution in [0.1, 0.15) is 35.6 Å². The third-order valence-corrected chi connectivity index (χ3v) is 6.05. The van der Waals surface area contributed by atoms with E-state index in [2.05, 4.69) is 60.5 Å². The van der Waals surface area contributed by atoms with E-state index >= 15 is 0 Å². The first-order chi connectivity index (χ1) is 11.3. The van der Waals surface area contributed by atoms with E-state index in [9.17, 15) is 0 Å². The maximum absolute atomic E-state index is 6.67. The molecule has 0 amide bonds. The second kappa shape index (κ2) is 6.68. The minimum Gasteiger partial charge on any atom is -0.365 e. The van der Waals surface area contributed by atoms with Crippen LogP contribution in [0.25, 0.3) is 0 Å². The molecule has 2 heterocycles. The molecule has 1 atom stereocenters. The summed E-state index contributed by atoms with van der Waals surface area (Å²) in [6, 6.07) is 17.5. The molecule has 0 N–H and O–H groups in total. The minimum absolute atomic E-state index is 0.0748. The van der Waals surface area contributed by atoms with Gasteiger partial charge in [0.25, 0.3) is 0 Å². The molecule has 0 aromatic heterocycles. The smallest absolute Gasteiger partial charge is 0.109 e. The molecular weight excluding hydrogens is 302 g/mol. The van der Waals surface area contributed by atoms with Crippen molar-refractivity contribution in [3.8, 4) is 0 Å². The van der Waals surface area contributed by atoms with Gasteiger partial charge in [-0.15, -0.1) is 11.8 Å². The zero-order valence-corrected chi connectivity index (χ0v) is 14.4. The van der Waals surface area contributed by atoms with Crippen molar-refractivity contribution in [3.05, 3.63) is 65.2 Å². The molecular formula is C20H23NOS. The third kappa shape index (κ3) is 3.18. The molecule has 0 saturated carbocycles. The summed E-state index contributed by atoms with van der Waals surface area (Å²) >= 11 is 1.93. The van der Waals surface area contributed by atoms with Gasteiger partial charge in [0.2, 0.25) is 0 Å². The maximum atomic E-state index is 6.67. The molecule has 2 aromatic carbocycles. The Morgan fingerprint density at radius 1 is 0.957 bits per heavy atom. The first-order valence-corrected chi connectivity index (χ1v) is 9.43. The van der Waals surface area contributed by atoms with Crippen LogP contribution in [-0.2, 0) is 10.5 Å². The molecule has 2 aromatic rings. The number of likely N-dealkylation sites (tertiary alicyclic amines) is 1. The molecule has 2 aliphatic rings. The highest BCUT2D eigenvalue weighted by Crippen LogP contribution is 2.42. The van der Waals surface area contributed by atoms with Crippen molar-refractivity contribution >= 4 is 11.8 Å². The molecule has 0 bridgehead atoms. The molecule has 0 unspecified atom stereocenters. The maximum Gasteiger partial charge on any atom is 0.109 e. The Bertz CT molecular complexity index is 631. The van der Waals surface area contributed by atoms with Gasteiger partial charge in [-0.05, 0) is 42.6 Å². The molecule has 120 valence electrons. The van der Waals surface area contributed by atoms with Crippen LogP contribution in [0.15, 0.2) is 53.4 Å². The Hall–Kier alpha value is -1.29. The lowest BCUT2D eigenvalue weighted by atomic mass is 9.96. The zero-order chi connectivity index (χ0) is 15.6. The van der Waals surface area contributed by atoms with Gasteiger partial charge in [0.05, 0.1) is 6.10 Å². The summed E-state index contributed by atoms with van der Waals surface area (Å²) in [5.74, 6) is 1.03. The van der Waals surface area contributed by atoms with Crippen LogP contribution in [0.5, 0.6) is 0 Å². The van der Waals surface area contributed by atoms with Crippen LogP contribution in [0, 0.1) is 0 Å². The Morgan fingerprint density at radius 3 is 2.48 bits per heavy atom. The fourth-order valence-corrected chi connectivity index (χ4v) is 4.62. The summed E-state index contributed by atoms with van der Waals surface area (Å²) in [6.07, 6.45) is 2.70. The molecule has 0 aliphatic carbocycles. The van der Waals surface area contributed by atoms with Crippen LogP contribution in [0.4, 0.5) is 0 Å². The SMILES string of the molecule is CN1CCC(O[C@H]2c3ccccc3CSc3ccccc32)CC1. The van der Waals surface area contributed by atoms with E-state index in [0.29, 0.717) is 6.10 Å². The van der Waals surface area contributed by atoms with Crippen molar-refractivity contribution in [2.24, 2.45) is 0 Å². The minimum atomic E-state index is 0.0748. The van der Waals surface area contributed by atoms with Crippen LogP contribution < -0.4 is 0 Å². The summed E-state index contributed by atoms with van der Waals surface area (Å²) in [7, 11) is 2.20. The summed E-state index contributed by atoms with van der Waals surface area (Å²) in [6.45, 7) is 2.27. The lowest BCUT2D eigenvalue weighted by Crippen LogP contribution is -2.35. The number of nitrogens with zero attached hydrogens (tertiary/aromatic N) is 1. The fraction of sp³-hybridized carbons (Fsp3) is 0.400. The normalized spacial score (nSPS) is 22.2. The molecule has 23 heavy (non-hydrogen) atoms. The molecule has 2 aliphatic heterocycles. The predicted octanol–water partition coefficient (Wildman–Crippen LogP) is 4.49. The third-order valence-electron chi connectivity index (χ3n) is 4.92. The highest BCUT2D eigenvalue weighted by molar-refractivity contribution is 7.98. The fourth-order valence-electron chi connectivity index (χ4n) is 3.53. The number of piperidine rings is 1. The predicted molar refractivity (Wildman–Crippen MR) is 95.9 cm³/mol. The Kier molecular flexibility index (Phi) is 4.43. The highest BCUT2D eigenvalue weighted by Gasteiger charge is 2.28. The number of fused-ring (bicyclic) bond motifs is 2. The van der Waals surface area contributed by atoms with Gasteiger partial charge < -0.3 is 9.64 Å². The van der Waals surface area contributed by atoms with E-state index in [0.717, 1.165) is 31.7 Å². The van der Waals surface area contributed by atoms with Crippen LogP contribution in [0.3, 0.4) is 0 Å². The van der Waals surface area contributed by atoms with E-state index in [1.807, 2.05) is 11.8 Å². The van der Waals surface area contributed by atoms with Crippen molar-refractivity contribution in [3.63, 3.8) is 0 Å². The van der Waals surface area contributed by atoms with Crippen molar-refractivity contribution < 1.29 is 4.74 Å². The molecule has 0 radical (unpaired) electrons. The van der Waals surface area contributed by atoms with Gasteiger partial charge in [-0.25, -0.2) is 0 Å². The molecule has 0 spiro atoms. The van der Waals surface area contributed by atoms with Crippen molar-refractivity contribution in [2.75, 3.05) is 20.1 Å². The molecule has 4 rings (SSSR count). The topological polar surface area (TPSA) is 12.5 Å². The lowest BCUT2D eigenvalue weighted by molar-refractivity contribution is -0.0245. The number of rotatable bonds is 2. The van der Waals surface area contributed by atoms with Gasteiger partial charge in [-0.2, -0.15) is 0 Å². The van der Waals surface area contributed by atoms with Crippen LogP contribution >= 0.6 is 11.8 Å². The van der Waals surface area contributed by atoms with E-state index in [1.54, 1.807) is 0 Å². The molecule has 1 fully saturated rings. The Labute approximate surface area is 142 Å². The Balaban J connectivity index is 1.69. The largest absolute Gasteiger partial charge is 0.365 e. The average molecular weight is 325 g/mol. The van der Waals surface area contributed by atoms with Crippen molar-refractivity contribution in [2.45, 2.75) is 35.7 Å². The van der Waals surface area contributed by atoms with Gasteiger partial charge >= 0.3 is 0 Å². The molecule has 1 saturated heterocycles. The Morgan fingerprint density at radius 2 is 1.65 bits per heavy atom. The molecule has 2 nitrogen and oxygen atoms in total. The van der Waals surface area contributed by atoms with Crippen LogP contribution in [-0.4, -0.2) is 31.1 Å². The van der Waals surface area contributed by atoms with Gasteiger partial charge in [-0.1, -0.05) is 42.5 Å². The second-order valence-corrected chi connectivity index (χ2v) is 7.56. The monoisotopic (exact) mass is 325 g/mol.